The van der Waals surface area contributed by atoms with Gasteiger partial charge in [0.2, 0.25) is 15.9 Å². The van der Waals surface area contributed by atoms with Crippen molar-refractivity contribution < 1.29 is 23.1 Å². The summed E-state index contributed by atoms with van der Waals surface area (Å²) in [6.45, 7) is 10.7. The molecule has 1 saturated heterocycles. The molecule has 13 heteroatoms. The van der Waals surface area contributed by atoms with Gasteiger partial charge in [-0.1, -0.05) is 58.0 Å². The molecule has 0 aliphatic carbocycles. The Labute approximate surface area is 270 Å². The van der Waals surface area contributed by atoms with Crippen LogP contribution >= 0.6 is 11.3 Å². The number of aromatic nitrogens is 2. The van der Waals surface area contributed by atoms with Crippen LogP contribution in [0.1, 0.15) is 44.0 Å². The van der Waals surface area contributed by atoms with Gasteiger partial charge in [-0.3, -0.25) is 9.78 Å². The third kappa shape index (κ3) is 8.87. The lowest BCUT2D eigenvalue weighted by Gasteiger charge is -2.34. The minimum atomic E-state index is -3.97. The van der Waals surface area contributed by atoms with E-state index in [9.17, 15) is 23.1 Å². The van der Waals surface area contributed by atoms with Gasteiger partial charge >= 0.3 is 6.03 Å². The minimum absolute atomic E-state index is 0.0200. The number of sulfonamides is 1. The zero-order chi connectivity index (χ0) is 32.7. The van der Waals surface area contributed by atoms with Crippen LogP contribution in [0.25, 0.3) is 0 Å². The number of aliphatic hydroxyl groups is 1. The van der Waals surface area contributed by atoms with Crippen molar-refractivity contribution in [3.63, 3.8) is 0 Å². The van der Waals surface area contributed by atoms with Gasteiger partial charge in [-0.25, -0.2) is 18.2 Å². The van der Waals surface area contributed by atoms with E-state index in [1.165, 1.54) is 34.1 Å². The molecule has 3 heterocycles. The summed E-state index contributed by atoms with van der Waals surface area (Å²) in [6, 6.07) is 10.6. The van der Waals surface area contributed by atoms with E-state index in [1.807, 2.05) is 70.3 Å². The number of amides is 3. The van der Waals surface area contributed by atoms with E-state index >= 15 is 0 Å². The second-order valence-electron chi connectivity index (χ2n) is 12.2. The van der Waals surface area contributed by atoms with Crippen molar-refractivity contribution in [3.8, 4) is 0 Å². The zero-order valence-corrected chi connectivity index (χ0v) is 28.2. The van der Waals surface area contributed by atoms with Crippen molar-refractivity contribution in [2.75, 3.05) is 26.2 Å². The number of aliphatic hydroxyl groups excluding tert-OH is 1. The van der Waals surface area contributed by atoms with Crippen LogP contribution in [0.5, 0.6) is 0 Å². The molecular formula is C32H44N6O5S2. The molecular weight excluding hydrogens is 613 g/mol. The molecule has 0 radical (unpaired) electrons. The number of pyridine rings is 1. The first-order chi connectivity index (χ1) is 21.4. The number of nitrogens with one attached hydrogen (secondary N) is 1. The molecule has 4 rings (SSSR count). The highest BCUT2D eigenvalue weighted by Crippen LogP contribution is 2.23. The Kier molecular flexibility index (Phi) is 11.7. The summed E-state index contributed by atoms with van der Waals surface area (Å²) in [5.41, 5.74) is 1.69. The Bertz CT molecular complexity index is 1520. The summed E-state index contributed by atoms with van der Waals surface area (Å²) < 4.78 is 28.5. The topological polar surface area (TPSA) is 136 Å². The molecule has 0 saturated carbocycles. The molecule has 3 amide bonds. The molecule has 1 aromatic carbocycles. The molecule has 3 atom stereocenters. The highest BCUT2D eigenvalue weighted by atomic mass is 32.2. The Balaban J connectivity index is 1.56. The van der Waals surface area contributed by atoms with E-state index in [0.29, 0.717) is 19.6 Å². The number of carbonyl (C=O) groups excluding carboxylic acids is 2. The molecule has 1 unspecified atom stereocenters. The SMILES string of the molecule is Cc1nc(CN2CCN(C(C(=O)N[C@@H](Cc3ccccc3)[C@H](O)CN(CC(C)C)S(=O)(=O)c3cccnc3)C(C)C)C2=O)cs1. The fourth-order valence-electron chi connectivity index (χ4n) is 5.57. The molecule has 244 valence electrons. The molecule has 1 aliphatic rings. The van der Waals surface area contributed by atoms with Gasteiger partial charge in [0.15, 0.2) is 0 Å². The van der Waals surface area contributed by atoms with Gasteiger partial charge in [0.1, 0.15) is 10.9 Å². The Morgan fingerprint density at radius 2 is 1.82 bits per heavy atom. The fraction of sp³-hybridized carbons (Fsp3) is 0.500. The van der Waals surface area contributed by atoms with E-state index in [-0.39, 0.29) is 42.3 Å². The monoisotopic (exact) mass is 656 g/mol. The predicted molar refractivity (Wildman–Crippen MR) is 174 cm³/mol. The van der Waals surface area contributed by atoms with Gasteiger partial charge in [-0.2, -0.15) is 4.31 Å². The molecule has 0 bridgehead atoms. The summed E-state index contributed by atoms with van der Waals surface area (Å²) >= 11 is 1.53. The number of benzene rings is 1. The Hall–Kier alpha value is -3.39. The second kappa shape index (κ2) is 15.3. The van der Waals surface area contributed by atoms with Gasteiger partial charge in [-0.15, -0.1) is 11.3 Å². The van der Waals surface area contributed by atoms with Crippen molar-refractivity contribution >= 4 is 33.3 Å². The van der Waals surface area contributed by atoms with Crippen LogP contribution in [-0.2, 0) is 27.8 Å². The first-order valence-electron chi connectivity index (χ1n) is 15.3. The molecule has 3 aromatic rings. The maximum atomic E-state index is 14.0. The number of carbonyl (C=O) groups is 2. The van der Waals surface area contributed by atoms with Crippen LogP contribution in [0, 0.1) is 18.8 Å². The van der Waals surface area contributed by atoms with Crippen LogP contribution in [0.15, 0.2) is 65.1 Å². The maximum absolute atomic E-state index is 14.0. The van der Waals surface area contributed by atoms with Crippen LogP contribution in [-0.4, -0.2) is 93.9 Å². The van der Waals surface area contributed by atoms with Gasteiger partial charge < -0.3 is 20.2 Å². The van der Waals surface area contributed by atoms with Crippen molar-refractivity contribution in [1.82, 2.24) is 29.4 Å². The lowest BCUT2D eigenvalue weighted by atomic mass is 9.97. The number of aryl methyl sites for hydroxylation is 1. The fourth-order valence-corrected chi connectivity index (χ4v) is 7.76. The van der Waals surface area contributed by atoms with Crippen molar-refractivity contribution in [1.29, 1.82) is 0 Å². The minimum Gasteiger partial charge on any atom is -0.390 e. The first-order valence-corrected chi connectivity index (χ1v) is 17.6. The van der Waals surface area contributed by atoms with Crippen LogP contribution < -0.4 is 5.32 Å². The molecule has 0 spiro atoms. The van der Waals surface area contributed by atoms with Crippen LogP contribution in [0.4, 0.5) is 4.79 Å². The third-order valence-electron chi connectivity index (χ3n) is 7.70. The number of hydrogen-bond donors (Lipinski definition) is 2. The van der Waals surface area contributed by atoms with Gasteiger partial charge in [0.25, 0.3) is 0 Å². The molecule has 1 aliphatic heterocycles. The summed E-state index contributed by atoms with van der Waals surface area (Å²) in [5, 5.41) is 17.5. The van der Waals surface area contributed by atoms with Crippen molar-refractivity contribution in [3.05, 3.63) is 76.5 Å². The zero-order valence-electron chi connectivity index (χ0n) is 26.5. The van der Waals surface area contributed by atoms with Gasteiger partial charge in [0.05, 0.1) is 29.4 Å². The number of nitrogens with zero attached hydrogens (tertiary/aromatic N) is 5. The second-order valence-corrected chi connectivity index (χ2v) is 15.2. The van der Waals surface area contributed by atoms with E-state index < -0.39 is 34.1 Å². The molecule has 1 fully saturated rings. The summed E-state index contributed by atoms with van der Waals surface area (Å²) in [5.74, 6) is -0.628. The molecule has 45 heavy (non-hydrogen) atoms. The number of hydrogen-bond acceptors (Lipinski definition) is 8. The molecule has 2 aromatic heterocycles. The average molecular weight is 657 g/mol. The van der Waals surface area contributed by atoms with E-state index in [4.69, 9.17) is 0 Å². The van der Waals surface area contributed by atoms with Crippen molar-refractivity contribution in [2.45, 2.75) is 70.7 Å². The Morgan fingerprint density at radius 3 is 2.42 bits per heavy atom. The van der Waals surface area contributed by atoms with E-state index in [0.717, 1.165) is 16.3 Å². The summed E-state index contributed by atoms with van der Waals surface area (Å²) in [7, 11) is -3.97. The highest BCUT2D eigenvalue weighted by Gasteiger charge is 2.40. The Morgan fingerprint density at radius 1 is 1.09 bits per heavy atom. The van der Waals surface area contributed by atoms with Crippen molar-refractivity contribution in [2.24, 2.45) is 11.8 Å². The lowest BCUT2D eigenvalue weighted by molar-refractivity contribution is -0.128. The number of thiazole rings is 1. The standard InChI is InChI=1S/C32H44N6O5S2/c1-22(2)18-37(45(42,43)27-12-9-13-33-17-27)20-29(39)28(16-25-10-7-6-8-11-25)35-31(40)30(23(3)4)38-15-14-36(32(38)41)19-26-21-44-24(5)34-26/h6-13,17,21-23,28-30,39H,14-16,18-20H2,1-5H3,(H,35,40)/t28-,29+,30?/m0/s1. The summed E-state index contributed by atoms with van der Waals surface area (Å²) in [4.78, 5) is 39.2. The lowest BCUT2D eigenvalue weighted by Crippen LogP contribution is -2.57. The van der Waals surface area contributed by atoms with E-state index in [1.54, 1.807) is 15.9 Å². The maximum Gasteiger partial charge on any atom is 0.321 e. The predicted octanol–water partition coefficient (Wildman–Crippen LogP) is 3.54. The third-order valence-corrected chi connectivity index (χ3v) is 10.3. The average Bonchev–Trinajstić information content (AvgIpc) is 3.57. The number of urea groups is 1. The molecule has 2 N–H and O–H groups in total. The van der Waals surface area contributed by atoms with Crippen LogP contribution in [0.3, 0.4) is 0 Å². The first kappa shape index (κ1) is 34.5. The van der Waals surface area contributed by atoms with Gasteiger partial charge in [-0.05, 0) is 42.9 Å². The quantitative estimate of drug-likeness (QED) is 0.256. The van der Waals surface area contributed by atoms with E-state index in [2.05, 4.69) is 15.3 Å². The number of rotatable bonds is 15. The normalized spacial score (nSPS) is 16.1. The van der Waals surface area contributed by atoms with Gasteiger partial charge in [0, 0.05) is 44.0 Å². The van der Waals surface area contributed by atoms with Crippen LogP contribution in [0.2, 0.25) is 0 Å². The smallest absolute Gasteiger partial charge is 0.321 e. The summed E-state index contributed by atoms with van der Waals surface area (Å²) in [6.07, 6.45) is 1.81. The molecule has 11 nitrogen and oxygen atoms in total. The largest absolute Gasteiger partial charge is 0.390 e. The highest BCUT2D eigenvalue weighted by molar-refractivity contribution is 7.89.